The topological polar surface area (TPSA) is 84.9 Å². The lowest BCUT2D eigenvalue weighted by Crippen LogP contribution is -2.45. The van der Waals surface area contributed by atoms with Crippen LogP contribution in [0.1, 0.15) is 49.9 Å². The zero-order valence-electron chi connectivity index (χ0n) is 15.3. The van der Waals surface area contributed by atoms with Crippen LogP contribution in [0.3, 0.4) is 0 Å². The number of esters is 1. The first-order valence-corrected chi connectivity index (χ1v) is 9.05. The van der Waals surface area contributed by atoms with E-state index in [0.29, 0.717) is 11.3 Å². The van der Waals surface area contributed by atoms with Gasteiger partial charge in [0, 0.05) is 18.3 Å². The maximum atomic E-state index is 12.3. The van der Waals surface area contributed by atoms with Crippen LogP contribution in [0.4, 0.5) is 10.5 Å². The molecule has 0 saturated carbocycles. The SMILES string of the molecule is CCOC(=O)Nc1ccc(C(=O)OCC(=O)N2CCCCC2CC)cc1. The van der Waals surface area contributed by atoms with E-state index in [4.69, 9.17) is 9.47 Å². The van der Waals surface area contributed by atoms with Crippen molar-refractivity contribution in [2.45, 2.75) is 45.6 Å². The largest absolute Gasteiger partial charge is 0.452 e. The average Bonchev–Trinajstić information content (AvgIpc) is 2.66. The Labute approximate surface area is 153 Å². The molecule has 142 valence electrons. The minimum absolute atomic E-state index is 0.148. The zero-order valence-corrected chi connectivity index (χ0v) is 15.3. The lowest BCUT2D eigenvalue weighted by molar-refractivity contribution is -0.138. The van der Waals surface area contributed by atoms with Crippen LogP contribution in [0.25, 0.3) is 0 Å². The van der Waals surface area contributed by atoms with Gasteiger partial charge in [-0.15, -0.1) is 0 Å². The maximum Gasteiger partial charge on any atom is 0.411 e. The lowest BCUT2D eigenvalue weighted by atomic mass is 10.00. The highest BCUT2D eigenvalue weighted by atomic mass is 16.5. The Morgan fingerprint density at radius 3 is 2.50 bits per heavy atom. The first-order chi connectivity index (χ1) is 12.5. The Kier molecular flexibility index (Phi) is 7.44. The van der Waals surface area contributed by atoms with Crippen LogP contribution in [0.2, 0.25) is 0 Å². The van der Waals surface area contributed by atoms with Crippen LogP contribution in [0.5, 0.6) is 0 Å². The predicted octanol–water partition coefficient (Wildman–Crippen LogP) is 3.20. The second-order valence-electron chi connectivity index (χ2n) is 6.14. The lowest BCUT2D eigenvalue weighted by Gasteiger charge is -2.35. The van der Waals surface area contributed by atoms with E-state index in [1.165, 1.54) is 12.1 Å². The van der Waals surface area contributed by atoms with Crippen LogP contribution in [-0.2, 0) is 14.3 Å². The van der Waals surface area contributed by atoms with Crippen molar-refractivity contribution in [3.05, 3.63) is 29.8 Å². The summed E-state index contributed by atoms with van der Waals surface area (Å²) in [7, 11) is 0. The molecular weight excluding hydrogens is 336 g/mol. The van der Waals surface area contributed by atoms with Crippen molar-refractivity contribution >= 4 is 23.7 Å². The summed E-state index contributed by atoms with van der Waals surface area (Å²) in [5, 5.41) is 2.54. The molecule has 0 bridgehead atoms. The number of nitrogens with one attached hydrogen (secondary N) is 1. The predicted molar refractivity (Wildman–Crippen MR) is 97.0 cm³/mol. The van der Waals surface area contributed by atoms with Gasteiger partial charge in [-0.2, -0.15) is 0 Å². The molecule has 1 fully saturated rings. The third kappa shape index (κ3) is 5.47. The summed E-state index contributed by atoms with van der Waals surface area (Å²) in [4.78, 5) is 37.6. The third-order valence-electron chi connectivity index (χ3n) is 4.39. The van der Waals surface area contributed by atoms with Gasteiger partial charge in [-0.05, 0) is 56.9 Å². The van der Waals surface area contributed by atoms with Gasteiger partial charge in [-0.3, -0.25) is 10.1 Å². The van der Waals surface area contributed by atoms with Gasteiger partial charge in [-0.1, -0.05) is 6.92 Å². The maximum absolute atomic E-state index is 12.3. The van der Waals surface area contributed by atoms with Gasteiger partial charge in [0.25, 0.3) is 5.91 Å². The minimum Gasteiger partial charge on any atom is -0.452 e. The fourth-order valence-electron chi connectivity index (χ4n) is 3.02. The number of likely N-dealkylation sites (tertiary alicyclic amines) is 1. The van der Waals surface area contributed by atoms with Crippen molar-refractivity contribution in [1.29, 1.82) is 0 Å². The molecule has 0 aromatic heterocycles. The molecule has 1 aliphatic rings. The van der Waals surface area contributed by atoms with Gasteiger partial charge < -0.3 is 14.4 Å². The van der Waals surface area contributed by atoms with Crippen molar-refractivity contribution < 1.29 is 23.9 Å². The quantitative estimate of drug-likeness (QED) is 0.786. The highest BCUT2D eigenvalue weighted by Crippen LogP contribution is 2.19. The van der Waals surface area contributed by atoms with Gasteiger partial charge >= 0.3 is 12.1 Å². The Morgan fingerprint density at radius 2 is 1.85 bits per heavy atom. The molecule has 26 heavy (non-hydrogen) atoms. The fourth-order valence-corrected chi connectivity index (χ4v) is 3.02. The molecule has 1 N–H and O–H groups in total. The number of hydrogen-bond acceptors (Lipinski definition) is 5. The number of amides is 2. The van der Waals surface area contributed by atoms with E-state index < -0.39 is 12.1 Å². The number of carbonyl (C=O) groups is 3. The van der Waals surface area contributed by atoms with Gasteiger partial charge in [0.05, 0.1) is 12.2 Å². The molecule has 0 aliphatic carbocycles. The van der Waals surface area contributed by atoms with Crippen LogP contribution in [0.15, 0.2) is 24.3 Å². The monoisotopic (exact) mass is 362 g/mol. The van der Waals surface area contributed by atoms with E-state index in [1.807, 2.05) is 4.90 Å². The molecule has 1 atom stereocenters. The van der Waals surface area contributed by atoms with Crippen molar-refractivity contribution in [3.8, 4) is 0 Å². The number of carbonyl (C=O) groups excluding carboxylic acids is 3. The number of hydrogen-bond donors (Lipinski definition) is 1. The molecule has 2 rings (SSSR count). The summed E-state index contributed by atoms with van der Waals surface area (Å²) in [6.07, 6.45) is 3.49. The van der Waals surface area contributed by atoms with E-state index >= 15 is 0 Å². The van der Waals surface area contributed by atoms with Gasteiger partial charge in [0.2, 0.25) is 0 Å². The first kappa shape index (κ1) is 19.8. The van der Waals surface area contributed by atoms with Crippen LogP contribution in [0, 0.1) is 0 Å². The summed E-state index contributed by atoms with van der Waals surface area (Å²) in [6.45, 7) is 4.53. The Morgan fingerprint density at radius 1 is 1.12 bits per heavy atom. The summed E-state index contributed by atoms with van der Waals surface area (Å²) >= 11 is 0. The van der Waals surface area contributed by atoms with Crippen molar-refractivity contribution in [2.24, 2.45) is 0 Å². The zero-order chi connectivity index (χ0) is 18.9. The number of anilines is 1. The summed E-state index contributed by atoms with van der Waals surface area (Å²) in [6, 6.07) is 6.46. The fraction of sp³-hybridized carbons (Fsp3) is 0.526. The Balaban J connectivity index is 1.85. The summed E-state index contributed by atoms with van der Waals surface area (Å²) in [5.74, 6) is -0.711. The van der Waals surface area contributed by atoms with E-state index in [0.717, 1.165) is 32.2 Å². The standard InChI is InChI=1S/C19H26N2O5/c1-3-16-7-5-6-12-21(16)17(22)13-26-18(23)14-8-10-15(11-9-14)20-19(24)25-4-2/h8-11,16H,3-7,12-13H2,1-2H3,(H,20,24). The molecule has 1 aromatic rings. The third-order valence-corrected chi connectivity index (χ3v) is 4.39. The average molecular weight is 362 g/mol. The molecule has 0 spiro atoms. The minimum atomic E-state index is -0.564. The second kappa shape index (κ2) is 9.79. The molecule has 0 radical (unpaired) electrons. The highest BCUT2D eigenvalue weighted by molar-refractivity contribution is 5.92. The molecular formula is C19H26N2O5. The summed E-state index contributed by atoms with van der Waals surface area (Å²) in [5.41, 5.74) is 0.827. The smallest absolute Gasteiger partial charge is 0.411 e. The number of nitrogens with zero attached hydrogens (tertiary/aromatic N) is 1. The first-order valence-electron chi connectivity index (χ1n) is 9.05. The van der Waals surface area contributed by atoms with Crippen molar-refractivity contribution in [2.75, 3.05) is 25.1 Å². The molecule has 1 aliphatic heterocycles. The number of rotatable bonds is 6. The molecule has 1 aromatic carbocycles. The Hall–Kier alpha value is -2.57. The molecule has 1 saturated heterocycles. The van der Waals surface area contributed by atoms with Crippen LogP contribution in [-0.4, -0.2) is 48.7 Å². The van der Waals surface area contributed by atoms with E-state index in [9.17, 15) is 14.4 Å². The number of ether oxygens (including phenoxy) is 2. The summed E-state index contributed by atoms with van der Waals surface area (Å²) < 4.78 is 9.93. The van der Waals surface area contributed by atoms with E-state index in [2.05, 4.69) is 12.2 Å². The molecule has 7 nitrogen and oxygen atoms in total. The molecule has 1 unspecified atom stereocenters. The highest BCUT2D eigenvalue weighted by Gasteiger charge is 2.26. The van der Waals surface area contributed by atoms with Crippen LogP contribution >= 0.6 is 0 Å². The van der Waals surface area contributed by atoms with E-state index in [-0.39, 0.29) is 25.2 Å². The van der Waals surface area contributed by atoms with Gasteiger partial charge in [0.1, 0.15) is 0 Å². The molecule has 2 amide bonds. The van der Waals surface area contributed by atoms with Crippen molar-refractivity contribution in [1.82, 2.24) is 4.90 Å². The molecule has 7 heteroatoms. The molecule has 1 heterocycles. The Bertz CT molecular complexity index is 629. The number of piperidine rings is 1. The second-order valence-corrected chi connectivity index (χ2v) is 6.14. The number of benzene rings is 1. The normalized spacial score (nSPS) is 16.7. The van der Waals surface area contributed by atoms with Crippen molar-refractivity contribution in [3.63, 3.8) is 0 Å². The van der Waals surface area contributed by atoms with Gasteiger partial charge in [-0.25, -0.2) is 9.59 Å². The van der Waals surface area contributed by atoms with E-state index in [1.54, 1.807) is 19.1 Å². The van der Waals surface area contributed by atoms with Gasteiger partial charge in [0.15, 0.2) is 6.61 Å². The van der Waals surface area contributed by atoms with Crippen LogP contribution < -0.4 is 5.32 Å².